The summed E-state index contributed by atoms with van der Waals surface area (Å²) in [6, 6.07) is 2.68. The number of fused-ring (bicyclic) bond motifs is 1. The van der Waals surface area contributed by atoms with E-state index < -0.39 is 0 Å². The van der Waals surface area contributed by atoms with Crippen LogP contribution in [0.15, 0.2) is 12.1 Å². The van der Waals surface area contributed by atoms with Crippen molar-refractivity contribution in [2.45, 2.75) is 57.5 Å². The van der Waals surface area contributed by atoms with Crippen LogP contribution in [-0.2, 0) is 0 Å². The van der Waals surface area contributed by atoms with Gasteiger partial charge in [-0.05, 0) is 58.1 Å². The Labute approximate surface area is 120 Å². The summed E-state index contributed by atoms with van der Waals surface area (Å²) in [5.41, 5.74) is 2.58. The lowest BCUT2D eigenvalue weighted by Crippen LogP contribution is -2.39. The highest BCUT2D eigenvalue weighted by Crippen LogP contribution is 2.45. The third-order valence-electron chi connectivity index (χ3n) is 5.06. The van der Waals surface area contributed by atoms with E-state index in [4.69, 9.17) is 5.10 Å². The number of allylic oxidation sites excluding steroid dienone is 1. The lowest BCUT2D eigenvalue weighted by molar-refractivity contribution is 0.404. The van der Waals surface area contributed by atoms with E-state index in [9.17, 15) is 0 Å². The molecule has 1 saturated heterocycles. The number of nitrogens with zero attached hydrogens (tertiary/aromatic N) is 2. The quantitative estimate of drug-likeness (QED) is 0.869. The molecule has 108 valence electrons. The Bertz CT molecular complexity index is 549. The molecule has 3 aliphatic rings. The summed E-state index contributed by atoms with van der Waals surface area (Å²) in [6.07, 6.45) is 8.86. The molecule has 1 unspecified atom stereocenters. The van der Waals surface area contributed by atoms with Crippen LogP contribution in [0, 0.1) is 5.92 Å². The van der Waals surface area contributed by atoms with Crippen molar-refractivity contribution in [2.24, 2.45) is 5.92 Å². The Kier molecular flexibility index (Phi) is 2.71. The lowest BCUT2D eigenvalue weighted by Gasteiger charge is -2.33. The number of anilines is 1. The first-order valence-corrected chi connectivity index (χ1v) is 7.97. The van der Waals surface area contributed by atoms with E-state index in [1.807, 2.05) is 0 Å². The molecule has 2 N–H and O–H groups in total. The van der Waals surface area contributed by atoms with Crippen molar-refractivity contribution in [3.05, 3.63) is 17.8 Å². The SMILES string of the molecule is CC1=CC(C)(C2CC2)Nc2cc([C@@H]3CCCCN3)nn21. The molecular formula is C16H24N4. The standard InChI is InChI=1S/C16H24N4/c1-11-10-16(2,12-6-7-12)18-15-9-14(19-20(11)15)13-5-3-4-8-17-13/h9-10,12-13,17-18H,3-8H2,1-2H3/t13-,16?/m0/s1. The van der Waals surface area contributed by atoms with Gasteiger partial charge >= 0.3 is 0 Å². The molecule has 1 aromatic rings. The van der Waals surface area contributed by atoms with Gasteiger partial charge in [0.25, 0.3) is 0 Å². The van der Waals surface area contributed by atoms with E-state index in [1.165, 1.54) is 49.3 Å². The molecule has 20 heavy (non-hydrogen) atoms. The van der Waals surface area contributed by atoms with Crippen molar-refractivity contribution in [1.82, 2.24) is 15.1 Å². The predicted molar refractivity (Wildman–Crippen MR) is 81.5 cm³/mol. The summed E-state index contributed by atoms with van der Waals surface area (Å²) in [6.45, 7) is 5.62. The van der Waals surface area contributed by atoms with Crippen molar-refractivity contribution in [1.29, 1.82) is 0 Å². The Morgan fingerprint density at radius 3 is 2.85 bits per heavy atom. The first kappa shape index (κ1) is 12.5. The molecule has 1 aliphatic carbocycles. The molecule has 4 heteroatoms. The van der Waals surface area contributed by atoms with Crippen molar-refractivity contribution < 1.29 is 0 Å². The van der Waals surface area contributed by atoms with Crippen LogP contribution in [0.2, 0.25) is 0 Å². The molecule has 3 heterocycles. The predicted octanol–water partition coefficient (Wildman–Crippen LogP) is 3.15. The summed E-state index contributed by atoms with van der Waals surface area (Å²) in [5, 5.41) is 12.1. The van der Waals surface area contributed by atoms with Gasteiger partial charge < -0.3 is 10.6 Å². The molecule has 2 aliphatic heterocycles. The summed E-state index contributed by atoms with van der Waals surface area (Å²) in [7, 11) is 0. The van der Waals surface area contributed by atoms with Crippen LogP contribution in [-0.4, -0.2) is 21.9 Å². The number of rotatable bonds is 2. The third kappa shape index (κ3) is 1.97. The van der Waals surface area contributed by atoms with Gasteiger partial charge in [-0.1, -0.05) is 6.42 Å². The molecule has 1 saturated carbocycles. The van der Waals surface area contributed by atoms with Gasteiger partial charge in [0.05, 0.1) is 17.3 Å². The Morgan fingerprint density at radius 2 is 2.15 bits per heavy atom. The monoisotopic (exact) mass is 272 g/mol. The van der Waals surface area contributed by atoms with Crippen LogP contribution in [0.4, 0.5) is 5.82 Å². The van der Waals surface area contributed by atoms with Crippen LogP contribution >= 0.6 is 0 Å². The molecule has 4 rings (SSSR count). The molecule has 2 atom stereocenters. The van der Waals surface area contributed by atoms with E-state index in [1.54, 1.807) is 0 Å². The first-order valence-electron chi connectivity index (χ1n) is 7.97. The summed E-state index contributed by atoms with van der Waals surface area (Å²) in [4.78, 5) is 0. The molecule has 0 radical (unpaired) electrons. The second-order valence-corrected chi connectivity index (χ2v) is 6.84. The fraction of sp³-hybridized carbons (Fsp3) is 0.688. The Morgan fingerprint density at radius 1 is 1.30 bits per heavy atom. The minimum atomic E-state index is 0.122. The van der Waals surface area contributed by atoms with E-state index in [2.05, 4.69) is 41.3 Å². The molecule has 0 bridgehead atoms. The molecule has 4 nitrogen and oxygen atoms in total. The minimum Gasteiger partial charge on any atom is -0.361 e. The van der Waals surface area contributed by atoms with Gasteiger partial charge in [0.15, 0.2) is 0 Å². The number of nitrogens with one attached hydrogen (secondary N) is 2. The highest BCUT2D eigenvalue weighted by molar-refractivity contribution is 5.61. The maximum Gasteiger partial charge on any atom is 0.130 e. The smallest absolute Gasteiger partial charge is 0.130 e. The highest BCUT2D eigenvalue weighted by Gasteiger charge is 2.42. The summed E-state index contributed by atoms with van der Waals surface area (Å²) in [5.74, 6) is 1.96. The van der Waals surface area contributed by atoms with Crippen molar-refractivity contribution in [3.63, 3.8) is 0 Å². The fourth-order valence-corrected chi connectivity index (χ4v) is 3.74. The molecule has 0 spiro atoms. The van der Waals surface area contributed by atoms with Crippen molar-refractivity contribution >= 4 is 11.5 Å². The van der Waals surface area contributed by atoms with Gasteiger partial charge in [0.2, 0.25) is 0 Å². The van der Waals surface area contributed by atoms with Crippen LogP contribution in [0.5, 0.6) is 0 Å². The average Bonchev–Trinajstić information content (AvgIpc) is 3.21. The topological polar surface area (TPSA) is 41.9 Å². The first-order chi connectivity index (χ1) is 9.66. The van der Waals surface area contributed by atoms with E-state index in [0.29, 0.717) is 6.04 Å². The van der Waals surface area contributed by atoms with E-state index in [-0.39, 0.29) is 5.54 Å². The molecule has 2 fully saturated rings. The Balaban J connectivity index is 1.65. The number of aromatic nitrogens is 2. The average molecular weight is 272 g/mol. The maximum absolute atomic E-state index is 4.82. The number of piperidine rings is 1. The minimum absolute atomic E-state index is 0.122. The molecule has 0 aromatic carbocycles. The summed E-state index contributed by atoms with van der Waals surface area (Å²) >= 11 is 0. The highest BCUT2D eigenvalue weighted by atomic mass is 15.4. The van der Waals surface area contributed by atoms with Gasteiger partial charge in [-0.25, -0.2) is 4.68 Å². The van der Waals surface area contributed by atoms with Crippen LogP contribution in [0.3, 0.4) is 0 Å². The zero-order valence-electron chi connectivity index (χ0n) is 12.4. The van der Waals surface area contributed by atoms with Crippen LogP contribution in [0.1, 0.15) is 57.7 Å². The molecular weight excluding hydrogens is 248 g/mol. The third-order valence-corrected chi connectivity index (χ3v) is 5.06. The zero-order valence-corrected chi connectivity index (χ0v) is 12.4. The maximum atomic E-state index is 4.82. The van der Waals surface area contributed by atoms with Crippen LogP contribution in [0.25, 0.3) is 5.70 Å². The van der Waals surface area contributed by atoms with Gasteiger partial charge in [-0.2, -0.15) is 5.10 Å². The van der Waals surface area contributed by atoms with Crippen molar-refractivity contribution in [3.8, 4) is 0 Å². The number of hydrogen-bond donors (Lipinski definition) is 2. The second kappa shape index (κ2) is 4.35. The van der Waals surface area contributed by atoms with E-state index in [0.717, 1.165) is 12.5 Å². The van der Waals surface area contributed by atoms with Gasteiger partial charge in [0, 0.05) is 11.8 Å². The second-order valence-electron chi connectivity index (χ2n) is 6.84. The molecule has 0 amide bonds. The van der Waals surface area contributed by atoms with Crippen molar-refractivity contribution in [2.75, 3.05) is 11.9 Å². The van der Waals surface area contributed by atoms with Gasteiger partial charge in [-0.3, -0.25) is 0 Å². The largest absolute Gasteiger partial charge is 0.361 e. The van der Waals surface area contributed by atoms with E-state index >= 15 is 0 Å². The number of hydrogen-bond acceptors (Lipinski definition) is 3. The molecule has 1 aromatic heterocycles. The fourth-order valence-electron chi connectivity index (χ4n) is 3.74. The Hall–Kier alpha value is -1.29. The zero-order chi connectivity index (χ0) is 13.7. The lowest BCUT2D eigenvalue weighted by atomic mass is 9.93. The normalized spacial score (nSPS) is 33.3. The van der Waals surface area contributed by atoms with Crippen LogP contribution < -0.4 is 10.6 Å². The van der Waals surface area contributed by atoms with Gasteiger partial charge in [-0.15, -0.1) is 0 Å². The van der Waals surface area contributed by atoms with Gasteiger partial charge in [0.1, 0.15) is 5.82 Å². The summed E-state index contributed by atoms with van der Waals surface area (Å²) < 4.78 is 2.08.